The van der Waals surface area contributed by atoms with Crippen LogP contribution < -0.4 is 5.73 Å². The van der Waals surface area contributed by atoms with Gasteiger partial charge in [-0.05, 0) is 30.2 Å². The zero-order valence-corrected chi connectivity index (χ0v) is 9.63. The number of aryl methyl sites for hydroxylation is 1. The highest BCUT2D eigenvalue weighted by Gasteiger charge is 2.17. The lowest BCUT2D eigenvalue weighted by atomic mass is 10.1. The van der Waals surface area contributed by atoms with Crippen molar-refractivity contribution >= 4 is 11.5 Å². The number of benzene rings is 1. The smallest absolute Gasteiger partial charge is 0.330 e. The van der Waals surface area contributed by atoms with Crippen LogP contribution in [0.15, 0.2) is 24.4 Å². The minimum Gasteiger partial charge on any atom is -0.378 e. The lowest BCUT2D eigenvalue weighted by Gasteiger charge is -2.07. The average molecular weight is 250 g/mol. The van der Waals surface area contributed by atoms with Crippen LogP contribution in [0.25, 0.3) is 0 Å². The van der Waals surface area contributed by atoms with Crippen molar-refractivity contribution in [3.05, 3.63) is 51.5 Å². The molecule has 0 aliphatic heterocycles. The summed E-state index contributed by atoms with van der Waals surface area (Å²) in [6, 6.07) is 4.33. The minimum absolute atomic E-state index is 0.0104. The number of nitrogen functional groups attached to an aromatic ring is 1. The largest absolute Gasteiger partial charge is 0.378 e. The van der Waals surface area contributed by atoms with Gasteiger partial charge in [0.15, 0.2) is 0 Å². The van der Waals surface area contributed by atoms with E-state index in [1.807, 2.05) is 0 Å². The Labute approximate surface area is 102 Å². The van der Waals surface area contributed by atoms with Gasteiger partial charge < -0.3 is 5.73 Å². The molecule has 18 heavy (non-hydrogen) atoms. The summed E-state index contributed by atoms with van der Waals surface area (Å²) in [6.07, 6.45) is 1.11. The third-order valence-corrected chi connectivity index (χ3v) is 2.68. The molecule has 2 aromatic rings. The van der Waals surface area contributed by atoms with Gasteiger partial charge in [-0.25, -0.2) is 9.07 Å². The first kappa shape index (κ1) is 12.0. The molecule has 7 heteroatoms. The third-order valence-electron chi connectivity index (χ3n) is 2.68. The van der Waals surface area contributed by atoms with E-state index >= 15 is 0 Å². The zero-order chi connectivity index (χ0) is 13.3. The van der Waals surface area contributed by atoms with Crippen LogP contribution in [-0.2, 0) is 6.54 Å². The molecule has 0 saturated heterocycles. The lowest BCUT2D eigenvalue weighted by Crippen LogP contribution is -2.07. The number of halogens is 1. The quantitative estimate of drug-likeness (QED) is 0.665. The maximum absolute atomic E-state index is 12.9. The minimum atomic E-state index is -0.587. The van der Waals surface area contributed by atoms with Crippen molar-refractivity contribution in [3.8, 4) is 0 Å². The summed E-state index contributed by atoms with van der Waals surface area (Å²) in [4.78, 5) is 10.0. The molecule has 0 saturated carbocycles. The Hall–Kier alpha value is -2.44. The topological polar surface area (TPSA) is 87.0 Å². The summed E-state index contributed by atoms with van der Waals surface area (Å²) >= 11 is 0. The van der Waals surface area contributed by atoms with Crippen molar-refractivity contribution in [2.24, 2.45) is 0 Å². The molecule has 1 heterocycles. The van der Waals surface area contributed by atoms with Gasteiger partial charge in [-0.2, -0.15) is 5.10 Å². The highest BCUT2D eigenvalue weighted by Crippen LogP contribution is 2.21. The monoisotopic (exact) mass is 250 g/mol. The SMILES string of the molecule is Cc1cc(F)ccc1Cn1ncc([N+](=O)[O-])c1N. The number of nitrogens with two attached hydrogens (primary N) is 1. The number of nitrogens with zero attached hydrogens (tertiary/aromatic N) is 3. The molecule has 94 valence electrons. The van der Waals surface area contributed by atoms with Crippen molar-refractivity contribution in [1.29, 1.82) is 0 Å². The Morgan fingerprint density at radius 1 is 1.56 bits per heavy atom. The fourth-order valence-electron chi connectivity index (χ4n) is 1.65. The number of hydrogen-bond donors (Lipinski definition) is 1. The van der Waals surface area contributed by atoms with Gasteiger partial charge in [0.2, 0.25) is 5.82 Å². The Morgan fingerprint density at radius 3 is 2.83 bits per heavy atom. The van der Waals surface area contributed by atoms with E-state index in [1.54, 1.807) is 13.0 Å². The third kappa shape index (κ3) is 2.15. The Balaban J connectivity index is 2.32. The van der Waals surface area contributed by atoms with E-state index in [2.05, 4.69) is 5.10 Å². The summed E-state index contributed by atoms with van der Waals surface area (Å²) in [7, 11) is 0. The highest BCUT2D eigenvalue weighted by atomic mass is 19.1. The molecule has 1 aromatic carbocycles. The van der Waals surface area contributed by atoms with Gasteiger partial charge in [0.25, 0.3) is 0 Å². The van der Waals surface area contributed by atoms with Gasteiger partial charge >= 0.3 is 5.69 Å². The zero-order valence-electron chi connectivity index (χ0n) is 9.63. The molecule has 1 aromatic heterocycles. The predicted octanol–water partition coefficient (Wildman–Crippen LogP) is 1.87. The maximum Gasteiger partial charge on any atom is 0.330 e. The van der Waals surface area contributed by atoms with E-state index in [1.165, 1.54) is 16.8 Å². The van der Waals surface area contributed by atoms with Gasteiger partial charge in [-0.15, -0.1) is 0 Å². The van der Waals surface area contributed by atoms with E-state index in [0.29, 0.717) is 0 Å². The first-order chi connectivity index (χ1) is 8.49. The molecule has 0 aliphatic carbocycles. The van der Waals surface area contributed by atoms with Crippen LogP contribution >= 0.6 is 0 Å². The molecule has 0 radical (unpaired) electrons. The second-order valence-electron chi connectivity index (χ2n) is 3.90. The van der Waals surface area contributed by atoms with Crippen molar-refractivity contribution in [3.63, 3.8) is 0 Å². The van der Waals surface area contributed by atoms with Crippen LogP contribution in [-0.4, -0.2) is 14.7 Å². The van der Waals surface area contributed by atoms with Gasteiger partial charge in [-0.3, -0.25) is 10.1 Å². The van der Waals surface area contributed by atoms with Crippen molar-refractivity contribution in [2.75, 3.05) is 5.73 Å². The van der Waals surface area contributed by atoms with E-state index in [0.717, 1.165) is 17.3 Å². The fourth-order valence-corrected chi connectivity index (χ4v) is 1.65. The molecule has 0 spiro atoms. The van der Waals surface area contributed by atoms with Gasteiger partial charge in [0.1, 0.15) is 12.0 Å². The first-order valence-electron chi connectivity index (χ1n) is 5.19. The van der Waals surface area contributed by atoms with Crippen LogP contribution in [0.2, 0.25) is 0 Å². The normalized spacial score (nSPS) is 10.6. The van der Waals surface area contributed by atoms with Crippen LogP contribution in [0.1, 0.15) is 11.1 Å². The fraction of sp³-hybridized carbons (Fsp3) is 0.182. The van der Waals surface area contributed by atoms with Crippen LogP contribution in [0.4, 0.5) is 15.9 Å². The van der Waals surface area contributed by atoms with E-state index in [9.17, 15) is 14.5 Å². The number of nitro groups is 1. The molecule has 0 bridgehead atoms. The summed E-state index contributed by atoms with van der Waals surface area (Å²) in [5, 5.41) is 14.5. The van der Waals surface area contributed by atoms with E-state index in [4.69, 9.17) is 5.73 Å². The molecule has 2 rings (SSSR count). The van der Waals surface area contributed by atoms with Gasteiger partial charge in [0.05, 0.1) is 11.5 Å². The van der Waals surface area contributed by atoms with Gasteiger partial charge in [-0.1, -0.05) is 6.07 Å². The molecular weight excluding hydrogens is 239 g/mol. The summed E-state index contributed by atoms with van der Waals surface area (Å²) in [5.41, 5.74) is 6.94. The Kier molecular flexibility index (Phi) is 2.97. The first-order valence-corrected chi connectivity index (χ1v) is 5.19. The van der Waals surface area contributed by atoms with Crippen molar-refractivity contribution in [1.82, 2.24) is 9.78 Å². The van der Waals surface area contributed by atoms with Gasteiger partial charge in [0, 0.05) is 0 Å². The second-order valence-corrected chi connectivity index (χ2v) is 3.90. The standard InChI is InChI=1S/C11H11FN4O2/c1-7-4-9(12)3-2-8(7)6-15-11(13)10(5-14-15)16(17)18/h2-5H,6,13H2,1H3. The molecule has 0 unspecified atom stereocenters. The Bertz CT molecular complexity index is 609. The van der Waals surface area contributed by atoms with Crippen LogP contribution in [0, 0.1) is 22.9 Å². The highest BCUT2D eigenvalue weighted by molar-refractivity contribution is 5.51. The molecular formula is C11H11FN4O2. The van der Waals surface area contributed by atoms with Crippen molar-refractivity contribution in [2.45, 2.75) is 13.5 Å². The number of hydrogen-bond acceptors (Lipinski definition) is 4. The second kappa shape index (κ2) is 4.44. The van der Waals surface area contributed by atoms with E-state index < -0.39 is 4.92 Å². The summed E-state index contributed by atoms with van der Waals surface area (Å²) in [6.45, 7) is 2.03. The summed E-state index contributed by atoms with van der Waals surface area (Å²) < 4.78 is 14.3. The van der Waals surface area contributed by atoms with Crippen LogP contribution in [0.3, 0.4) is 0 Å². The molecule has 0 atom stereocenters. The van der Waals surface area contributed by atoms with E-state index in [-0.39, 0.29) is 23.9 Å². The Morgan fingerprint density at radius 2 is 2.28 bits per heavy atom. The molecule has 6 nitrogen and oxygen atoms in total. The predicted molar refractivity (Wildman–Crippen MR) is 63.5 cm³/mol. The summed E-state index contributed by atoms with van der Waals surface area (Å²) in [5.74, 6) is -0.334. The maximum atomic E-state index is 12.9. The number of rotatable bonds is 3. The molecule has 2 N–H and O–H groups in total. The number of anilines is 1. The molecule has 0 aliphatic rings. The molecule has 0 fully saturated rings. The lowest BCUT2D eigenvalue weighted by molar-refractivity contribution is -0.384. The van der Waals surface area contributed by atoms with Crippen LogP contribution in [0.5, 0.6) is 0 Å². The molecule has 0 amide bonds. The average Bonchev–Trinajstić information content (AvgIpc) is 2.64. The number of aromatic nitrogens is 2. The van der Waals surface area contributed by atoms with Crippen molar-refractivity contribution < 1.29 is 9.31 Å².